The third-order valence-electron chi connectivity index (χ3n) is 5.21. The van der Waals surface area contributed by atoms with Gasteiger partial charge >= 0.3 is 0 Å². The van der Waals surface area contributed by atoms with Crippen LogP contribution in [0, 0.1) is 11.3 Å². The largest absolute Gasteiger partial charge is 0.331 e. The molecule has 0 unspecified atom stereocenters. The third-order valence-corrected chi connectivity index (χ3v) is 5.21. The Balaban J connectivity index is 2.09. The van der Waals surface area contributed by atoms with Gasteiger partial charge < -0.3 is 4.90 Å². The molecule has 4 nitrogen and oxygen atoms in total. The van der Waals surface area contributed by atoms with E-state index < -0.39 is 0 Å². The van der Waals surface area contributed by atoms with Crippen LogP contribution in [0.2, 0.25) is 0 Å². The van der Waals surface area contributed by atoms with Crippen molar-refractivity contribution in [1.29, 1.82) is 5.26 Å². The minimum absolute atomic E-state index is 0.483. The van der Waals surface area contributed by atoms with Crippen LogP contribution in [0.15, 0.2) is 0 Å². The second kappa shape index (κ2) is 6.26. The number of aromatic amines is 1. The molecule has 0 spiro atoms. The van der Waals surface area contributed by atoms with E-state index in [4.69, 9.17) is 0 Å². The Labute approximate surface area is 133 Å². The quantitative estimate of drug-likeness (QED) is 0.874. The maximum Gasteiger partial charge on any atom is 0.293 e. The zero-order chi connectivity index (χ0) is 15.7. The molecule has 118 valence electrons. The van der Waals surface area contributed by atoms with Gasteiger partial charge in [0.05, 0.1) is 7.05 Å². The van der Waals surface area contributed by atoms with E-state index in [-0.39, 0.29) is 0 Å². The molecule has 0 saturated carbocycles. The molecule has 0 bridgehead atoms. The molecule has 2 aliphatic rings. The van der Waals surface area contributed by atoms with Crippen molar-refractivity contribution in [1.82, 2.24) is 0 Å². The molecule has 1 aromatic heterocycles. The molecule has 2 heterocycles. The molecule has 0 amide bonds. The average molecular weight is 300 g/mol. The Morgan fingerprint density at radius 2 is 1.77 bits per heavy atom. The van der Waals surface area contributed by atoms with E-state index in [0.717, 1.165) is 50.4 Å². The summed E-state index contributed by atoms with van der Waals surface area (Å²) in [5.74, 6) is 1.57. The van der Waals surface area contributed by atoms with E-state index in [1.54, 1.807) is 4.90 Å². The Kier molecular flexibility index (Phi) is 4.35. The van der Waals surface area contributed by atoms with Crippen LogP contribution in [0.25, 0.3) is 0 Å². The van der Waals surface area contributed by atoms with Gasteiger partial charge in [-0.2, -0.15) is 5.26 Å². The van der Waals surface area contributed by atoms with Crippen molar-refractivity contribution in [3.8, 4) is 6.07 Å². The number of pyridine rings is 1. The monoisotopic (exact) mass is 300 g/mol. The highest BCUT2D eigenvalue weighted by Gasteiger charge is 2.32. The minimum Gasteiger partial charge on any atom is -0.331 e. The number of quaternary nitrogens is 1. The summed E-state index contributed by atoms with van der Waals surface area (Å²) in [6, 6.07) is 2.52. The van der Waals surface area contributed by atoms with Gasteiger partial charge in [-0.05, 0) is 36.8 Å². The van der Waals surface area contributed by atoms with Crippen LogP contribution in [0.3, 0.4) is 0 Å². The predicted octanol–water partition coefficient (Wildman–Crippen LogP) is 0.709. The van der Waals surface area contributed by atoms with Gasteiger partial charge in [0.25, 0.3) is 5.82 Å². The molecule has 0 radical (unpaired) electrons. The molecule has 0 aromatic carbocycles. The molecule has 1 aliphatic heterocycles. The van der Waals surface area contributed by atoms with Gasteiger partial charge in [-0.15, -0.1) is 0 Å². The topological polar surface area (TPSA) is 45.6 Å². The van der Waals surface area contributed by atoms with E-state index in [1.807, 2.05) is 0 Å². The van der Waals surface area contributed by atoms with Crippen molar-refractivity contribution in [2.75, 3.05) is 38.1 Å². The highest BCUT2D eigenvalue weighted by atomic mass is 15.3. The number of nitriles is 1. The van der Waals surface area contributed by atoms with E-state index in [2.05, 4.69) is 36.8 Å². The second-order valence-corrected chi connectivity index (χ2v) is 7.14. The van der Waals surface area contributed by atoms with Gasteiger partial charge in [0.1, 0.15) is 43.5 Å². The lowest BCUT2D eigenvalue weighted by Gasteiger charge is -2.28. The summed E-state index contributed by atoms with van der Waals surface area (Å²) < 4.78 is 0. The number of nitrogens with zero attached hydrogens (tertiary/aromatic N) is 2. The van der Waals surface area contributed by atoms with Gasteiger partial charge in [0.15, 0.2) is 0 Å². The molecule has 22 heavy (non-hydrogen) atoms. The maximum absolute atomic E-state index is 9.78. The smallest absolute Gasteiger partial charge is 0.293 e. The first-order chi connectivity index (χ1) is 10.6. The molecule has 4 heteroatoms. The summed E-state index contributed by atoms with van der Waals surface area (Å²) in [5, 5.41) is 9.78. The zero-order valence-electron chi connectivity index (χ0n) is 14.1. The maximum atomic E-state index is 9.78. The Morgan fingerprint density at radius 3 is 2.36 bits per heavy atom. The summed E-state index contributed by atoms with van der Waals surface area (Å²) >= 11 is 0. The van der Waals surface area contributed by atoms with Gasteiger partial charge in [-0.3, -0.25) is 0 Å². The SMILES string of the molecule is CC(C)c1[nH+]c(N2CC[NH+](C)CC2)c(C#N)c2c1CCCC2. The molecular weight excluding hydrogens is 272 g/mol. The first-order valence-corrected chi connectivity index (χ1v) is 8.69. The van der Waals surface area contributed by atoms with Crippen LogP contribution in [-0.2, 0) is 12.8 Å². The number of nitrogens with one attached hydrogen (secondary N) is 2. The Hall–Kier alpha value is -1.60. The van der Waals surface area contributed by atoms with E-state index in [1.165, 1.54) is 29.7 Å². The van der Waals surface area contributed by atoms with Crippen molar-refractivity contribution >= 4 is 5.82 Å². The number of hydrogen-bond donors (Lipinski definition) is 1. The van der Waals surface area contributed by atoms with Crippen molar-refractivity contribution in [3.63, 3.8) is 0 Å². The fraction of sp³-hybridized carbons (Fsp3) is 0.667. The molecular formula is C18H28N4+2. The van der Waals surface area contributed by atoms with Gasteiger partial charge in [0, 0.05) is 5.92 Å². The van der Waals surface area contributed by atoms with Gasteiger partial charge in [-0.1, -0.05) is 13.8 Å². The van der Waals surface area contributed by atoms with E-state index in [0.29, 0.717) is 5.92 Å². The molecule has 1 fully saturated rings. The van der Waals surface area contributed by atoms with Crippen LogP contribution < -0.4 is 14.8 Å². The van der Waals surface area contributed by atoms with Crippen molar-refractivity contribution < 1.29 is 9.88 Å². The molecule has 1 saturated heterocycles. The highest BCUT2D eigenvalue weighted by Crippen LogP contribution is 2.32. The number of anilines is 1. The van der Waals surface area contributed by atoms with Crippen molar-refractivity contribution in [2.24, 2.45) is 0 Å². The molecule has 2 N–H and O–H groups in total. The number of fused-ring (bicyclic) bond motifs is 1. The van der Waals surface area contributed by atoms with Crippen LogP contribution in [0.5, 0.6) is 0 Å². The molecule has 1 aromatic rings. The fourth-order valence-corrected chi connectivity index (χ4v) is 3.85. The lowest BCUT2D eigenvalue weighted by Crippen LogP contribution is -3.12. The van der Waals surface area contributed by atoms with Gasteiger partial charge in [0.2, 0.25) is 0 Å². The van der Waals surface area contributed by atoms with Crippen molar-refractivity contribution in [2.45, 2.75) is 45.4 Å². The molecule has 3 rings (SSSR count). The number of piperazine rings is 1. The third kappa shape index (κ3) is 2.70. The fourth-order valence-electron chi connectivity index (χ4n) is 3.85. The Morgan fingerprint density at radius 1 is 1.14 bits per heavy atom. The predicted molar refractivity (Wildman–Crippen MR) is 87.3 cm³/mol. The molecule has 1 aliphatic carbocycles. The van der Waals surface area contributed by atoms with Crippen LogP contribution in [0.4, 0.5) is 5.82 Å². The number of H-pyrrole nitrogens is 1. The zero-order valence-corrected chi connectivity index (χ0v) is 14.1. The summed E-state index contributed by atoms with van der Waals surface area (Å²) in [6.07, 6.45) is 4.66. The lowest BCUT2D eigenvalue weighted by molar-refractivity contribution is -0.880. The van der Waals surface area contributed by atoms with Crippen molar-refractivity contribution in [3.05, 3.63) is 22.4 Å². The highest BCUT2D eigenvalue weighted by molar-refractivity contribution is 5.58. The van der Waals surface area contributed by atoms with Gasteiger partial charge in [-0.25, -0.2) is 9.88 Å². The number of hydrogen-bond acceptors (Lipinski definition) is 2. The number of likely N-dealkylation sites (N-methyl/N-ethyl adjacent to an activating group) is 1. The van der Waals surface area contributed by atoms with E-state index >= 15 is 0 Å². The summed E-state index contributed by atoms with van der Waals surface area (Å²) in [6.45, 7) is 8.87. The number of rotatable bonds is 2. The summed E-state index contributed by atoms with van der Waals surface area (Å²) in [5.41, 5.74) is 5.03. The summed E-state index contributed by atoms with van der Waals surface area (Å²) in [4.78, 5) is 7.65. The standard InChI is InChI=1S/C18H26N4/c1-13(2)17-15-7-5-4-6-14(15)16(12-19)18(20-17)22-10-8-21(3)9-11-22/h13H,4-11H2,1-3H3/p+2. The van der Waals surface area contributed by atoms with E-state index in [9.17, 15) is 5.26 Å². The lowest BCUT2D eigenvalue weighted by atomic mass is 9.85. The van der Waals surface area contributed by atoms with Crippen LogP contribution in [0.1, 0.15) is 55.0 Å². The second-order valence-electron chi connectivity index (χ2n) is 7.14. The van der Waals surface area contributed by atoms with Crippen LogP contribution >= 0.6 is 0 Å². The normalized spacial score (nSPS) is 19.1. The molecule has 0 atom stereocenters. The Bertz CT molecular complexity index is 592. The number of aromatic nitrogens is 1. The summed E-state index contributed by atoms with van der Waals surface area (Å²) in [7, 11) is 2.25. The minimum atomic E-state index is 0.483. The average Bonchev–Trinajstić information content (AvgIpc) is 2.53. The first kappa shape index (κ1) is 15.3. The first-order valence-electron chi connectivity index (χ1n) is 8.69. The van der Waals surface area contributed by atoms with Crippen LogP contribution in [-0.4, -0.2) is 33.2 Å².